The summed E-state index contributed by atoms with van der Waals surface area (Å²) in [5, 5.41) is 1.05. The molecule has 28 heavy (non-hydrogen) atoms. The first kappa shape index (κ1) is 18.2. The number of hydrogen-bond donors (Lipinski definition) is 0. The molecule has 0 bridgehead atoms. The van der Waals surface area contributed by atoms with Crippen molar-refractivity contribution in [3.05, 3.63) is 59.9 Å². The van der Waals surface area contributed by atoms with Gasteiger partial charge in [-0.05, 0) is 49.2 Å². The van der Waals surface area contributed by atoms with Crippen molar-refractivity contribution in [2.75, 3.05) is 27.3 Å². The van der Waals surface area contributed by atoms with Crippen molar-refractivity contribution in [3.8, 4) is 11.5 Å². The Balaban J connectivity index is 1.48. The Morgan fingerprint density at radius 3 is 2.61 bits per heavy atom. The molecule has 0 aliphatic carbocycles. The van der Waals surface area contributed by atoms with Crippen LogP contribution in [-0.4, -0.2) is 48.1 Å². The lowest BCUT2D eigenvalue weighted by Crippen LogP contribution is -2.38. The van der Waals surface area contributed by atoms with Crippen LogP contribution < -0.4 is 9.47 Å². The third-order valence-electron chi connectivity index (χ3n) is 5.32. The fraction of sp³-hybridized carbons (Fsp3) is 0.318. The average molecular weight is 377 g/mol. The number of likely N-dealkylation sites (tertiary alicyclic amines) is 1. The van der Waals surface area contributed by atoms with Crippen LogP contribution in [0.4, 0.5) is 0 Å². The molecule has 6 heteroatoms. The van der Waals surface area contributed by atoms with Crippen molar-refractivity contribution in [1.82, 2.24) is 14.9 Å². The van der Waals surface area contributed by atoms with Gasteiger partial charge in [0.15, 0.2) is 17.1 Å². The van der Waals surface area contributed by atoms with Crippen molar-refractivity contribution in [2.45, 2.75) is 18.8 Å². The molecule has 1 saturated heterocycles. The first-order valence-electron chi connectivity index (χ1n) is 9.43. The molecule has 3 aromatic rings. The Labute approximate surface area is 164 Å². The number of amides is 1. The van der Waals surface area contributed by atoms with Gasteiger partial charge in [-0.1, -0.05) is 6.07 Å². The van der Waals surface area contributed by atoms with E-state index in [1.54, 1.807) is 32.5 Å². The third kappa shape index (κ3) is 3.38. The van der Waals surface area contributed by atoms with E-state index in [0.29, 0.717) is 36.1 Å². The summed E-state index contributed by atoms with van der Waals surface area (Å²) < 4.78 is 10.7. The lowest BCUT2D eigenvalue weighted by Gasteiger charge is -2.32. The number of ether oxygens (including phenoxy) is 2. The molecule has 0 saturated carbocycles. The number of hydrogen-bond acceptors (Lipinski definition) is 5. The van der Waals surface area contributed by atoms with Gasteiger partial charge in [-0.25, -0.2) is 9.97 Å². The van der Waals surface area contributed by atoms with Crippen LogP contribution in [-0.2, 0) is 0 Å². The van der Waals surface area contributed by atoms with Gasteiger partial charge in [-0.15, -0.1) is 0 Å². The molecule has 3 heterocycles. The molecule has 1 aromatic carbocycles. The Morgan fingerprint density at radius 2 is 1.86 bits per heavy atom. The van der Waals surface area contributed by atoms with Crippen molar-refractivity contribution in [2.24, 2.45) is 0 Å². The zero-order valence-corrected chi connectivity index (χ0v) is 16.1. The second-order valence-corrected chi connectivity index (χ2v) is 6.89. The van der Waals surface area contributed by atoms with Crippen LogP contribution >= 0.6 is 0 Å². The smallest absolute Gasteiger partial charge is 0.257 e. The summed E-state index contributed by atoms with van der Waals surface area (Å²) in [5.41, 5.74) is 2.37. The standard InChI is InChI=1S/C22H23N3O3/c1-27-19-7-3-6-17(20(19)28-2)22(26)25-13-10-15(11-14-25)18-9-8-16-5-4-12-23-21(16)24-18/h3-9,12,15H,10-11,13-14H2,1-2H3. The number of nitrogens with zero attached hydrogens (tertiary/aromatic N) is 3. The third-order valence-corrected chi connectivity index (χ3v) is 5.32. The zero-order valence-electron chi connectivity index (χ0n) is 16.1. The first-order valence-corrected chi connectivity index (χ1v) is 9.43. The predicted molar refractivity (Wildman–Crippen MR) is 107 cm³/mol. The van der Waals surface area contributed by atoms with E-state index in [2.05, 4.69) is 17.1 Å². The van der Waals surface area contributed by atoms with Gasteiger partial charge in [-0.2, -0.15) is 0 Å². The summed E-state index contributed by atoms with van der Waals surface area (Å²) in [5.74, 6) is 1.36. The summed E-state index contributed by atoms with van der Waals surface area (Å²) in [4.78, 5) is 24.0. The number of methoxy groups -OCH3 is 2. The van der Waals surface area contributed by atoms with Gasteiger partial charge in [-0.3, -0.25) is 4.79 Å². The minimum absolute atomic E-state index is 0.0256. The van der Waals surface area contributed by atoms with E-state index in [1.807, 2.05) is 23.1 Å². The summed E-state index contributed by atoms with van der Waals surface area (Å²) in [6.07, 6.45) is 3.52. The maximum atomic E-state index is 13.0. The molecule has 0 N–H and O–H groups in total. The van der Waals surface area contributed by atoms with Gasteiger partial charge < -0.3 is 14.4 Å². The highest BCUT2D eigenvalue weighted by molar-refractivity contribution is 5.98. The molecule has 4 rings (SSSR count). The molecular formula is C22H23N3O3. The molecule has 1 fully saturated rings. The van der Waals surface area contributed by atoms with E-state index in [0.717, 1.165) is 29.6 Å². The SMILES string of the molecule is COc1cccc(C(=O)N2CCC(c3ccc4cccnc4n3)CC2)c1OC. The zero-order chi connectivity index (χ0) is 19.5. The Kier molecular flexibility index (Phi) is 5.10. The number of piperidine rings is 1. The largest absolute Gasteiger partial charge is 0.493 e. The molecule has 1 amide bonds. The molecule has 0 unspecified atom stereocenters. The van der Waals surface area contributed by atoms with E-state index in [4.69, 9.17) is 14.5 Å². The molecular weight excluding hydrogens is 354 g/mol. The maximum Gasteiger partial charge on any atom is 0.257 e. The Hall–Kier alpha value is -3.15. The van der Waals surface area contributed by atoms with Crippen molar-refractivity contribution >= 4 is 16.9 Å². The second-order valence-electron chi connectivity index (χ2n) is 6.89. The minimum Gasteiger partial charge on any atom is -0.493 e. The van der Waals surface area contributed by atoms with Crippen molar-refractivity contribution in [1.29, 1.82) is 0 Å². The highest BCUT2D eigenvalue weighted by atomic mass is 16.5. The predicted octanol–water partition coefficient (Wildman–Crippen LogP) is 3.67. The summed E-state index contributed by atoms with van der Waals surface area (Å²) in [6.45, 7) is 1.37. The second kappa shape index (κ2) is 7.84. The topological polar surface area (TPSA) is 64.5 Å². The fourth-order valence-electron chi connectivity index (χ4n) is 3.80. The molecule has 1 aliphatic heterocycles. The number of carbonyl (C=O) groups excluding carboxylic acids is 1. The Bertz CT molecular complexity index is 997. The number of fused-ring (bicyclic) bond motifs is 1. The molecule has 0 spiro atoms. The van der Waals surface area contributed by atoms with Crippen molar-refractivity contribution in [3.63, 3.8) is 0 Å². The lowest BCUT2D eigenvalue weighted by molar-refractivity contribution is 0.0708. The summed E-state index contributed by atoms with van der Waals surface area (Å²) in [7, 11) is 3.13. The number of para-hydroxylation sites is 1. The number of pyridine rings is 2. The van der Waals surface area contributed by atoms with Gasteiger partial charge in [0.25, 0.3) is 5.91 Å². The number of carbonyl (C=O) groups is 1. The normalized spacial score (nSPS) is 14.9. The fourth-order valence-corrected chi connectivity index (χ4v) is 3.80. The van der Waals surface area contributed by atoms with Gasteiger partial charge in [0, 0.05) is 36.3 Å². The molecule has 2 aromatic heterocycles. The summed E-state index contributed by atoms with van der Waals surface area (Å²) >= 11 is 0. The van der Waals surface area contributed by atoms with E-state index >= 15 is 0 Å². The first-order chi connectivity index (χ1) is 13.7. The van der Waals surface area contributed by atoms with Gasteiger partial charge in [0.2, 0.25) is 0 Å². The number of benzene rings is 1. The van der Waals surface area contributed by atoms with Gasteiger partial charge >= 0.3 is 0 Å². The molecule has 0 radical (unpaired) electrons. The Morgan fingerprint density at radius 1 is 1.04 bits per heavy atom. The molecule has 0 atom stereocenters. The minimum atomic E-state index is -0.0256. The lowest BCUT2D eigenvalue weighted by atomic mass is 9.92. The maximum absolute atomic E-state index is 13.0. The van der Waals surface area contributed by atoms with E-state index < -0.39 is 0 Å². The van der Waals surface area contributed by atoms with Crippen LogP contribution in [0.1, 0.15) is 34.8 Å². The molecule has 1 aliphatic rings. The van der Waals surface area contributed by atoms with Crippen LogP contribution in [0.15, 0.2) is 48.7 Å². The van der Waals surface area contributed by atoms with Crippen LogP contribution in [0.2, 0.25) is 0 Å². The average Bonchev–Trinajstić information content (AvgIpc) is 2.77. The molecule has 6 nitrogen and oxygen atoms in total. The van der Waals surface area contributed by atoms with Crippen molar-refractivity contribution < 1.29 is 14.3 Å². The van der Waals surface area contributed by atoms with Gasteiger partial charge in [0.1, 0.15) is 0 Å². The van der Waals surface area contributed by atoms with Gasteiger partial charge in [0.05, 0.1) is 19.8 Å². The quantitative estimate of drug-likeness (QED) is 0.694. The van der Waals surface area contributed by atoms with E-state index in [9.17, 15) is 4.79 Å². The highest BCUT2D eigenvalue weighted by Gasteiger charge is 2.27. The monoisotopic (exact) mass is 377 g/mol. The summed E-state index contributed by atoms with van der Waals surface area (Å²) in [6, 6.07) is 13.5. The van der Waals surface area contributed by atoms with E-state index in [1.165, 1.54) is 0 Å². The number of aromatic nitrogens is 2. The number of rotatable bonds is 4. The molecule has 144 valence electrons. The van der Waals surface area contributed by atoms with Crippen LogP contribution in [0, 0.1) is 0 Å². The van der Waals surface area contributed by atoms with Crippen LogP contribution in [0.25, 0.3) is 11.0 Å². The van der Waals surface area contributed by atoms with Crippen LogP contribution in [0.3, 0.4) is 0 Å². The van der Waals surface area contributed by atoms with E-state index in [-0.39, 0.29) is 5.91 Å². The van der Waals surface area contributed by atoms with Crippen LogP contribution in [0.5, 0.6) is 11.5 Å². The highest BCUT2D eigenvalue weighted by Crippen LogP contribution is 2.33.